The third-order valence-electron chi connectivity index (χ3n) is 5.99. The van der Waals surface area contributed by atoms with Crippen LogP contribution >= 0.6 is 11.6 Å². The Balaban J connectivity index is 1.75. The van der Waals surface area contributed by atoms with Crippen LogP contribution in [0.2, 0.25) is 5.02 Å². The summed E-state index contributed by atoms with van der Waals surface area (Å²) in [6.07, 6.45) is 1.17. The number of anilines is 1. The van der Waals surface area contributed by atoms with Crippen LogP contribution in [-0.2, 0) is 4.74 Å². The molecular weight excluding hydrogens is 470 g/mol. The Morgan fingerprint density at radius 1 is 1.17 bits per heavy atom. The van der Waals surface area contributed by atoms with Crippen LogP contribution < -0.4 is 15.4 Å². The fraction of sp³-hybridized carbons (Fsp3) is 0.480. The van der Waals surface area contributed by atoms with Gasteiger partial charge in [0.1, 0.15) is 30.0 Å². The second-order valence-electron chi connectivity index (χ2n) is 8.80. The van der Waals surface area contributed by atoms with Gasteiger partial charge in [-0.2, -0.15) is 0 Å². The highest BCUT2D eigenvalue weighted by Gasteiger charge is 2.23. The second kappa shape index (κ2) is 11.3. The Morgan fingerprint density at radius 2 is 1.94 bits per heavy atom. The maximum Gasteiger partial charge on any atom is 0.162 e. The van der Waals surface area contributed by atoms with Crippen molar-refractivity contribution in [1.29, 1.82) is 0 Å². The van der Waals surface area contributed by atoms with E-state index in [9.17, 15) is 5.11 Å². The van der Waals surface area contributed by atoms with E-state index in [1.807, 2.05) is 26.8 Å². The summed E-state index contributed by atoms with van der Waals surface area (Å²) in [6, 6.07) is 5.60. The van der Waals surface area contributed by atoms with Crippen molar-refractivity contribution in [3.8, 4) is 28.4 Å². The van der Waals surface area contributed by atoms with E-state index >= 15 is 0 Å². The first kappa shape index (κ1) is 25.4. The summed E-state index contributed by atoms with van der Waals surface area (Å²) in [4.78, 5) is 9.80. The van der Waals surface area contributed by atoms with Gasteiger partial charge in [-0.05, 0) is 58.9 Å². The van der Waals surface area contributed by atoms with Gasteiger partial charge in [0.15, 0.2) is 5.82 Å². The molecule has 1 fully saturated rings. The van der Waals surface area contributed by atoms with E-state index in [-0.39, 0.29) is 12.6 Å². The SMILES string of the molecule is CNCC(O)COc1cc(Cl)cc(-c2nc(NC3CCOCC3)c(C)c(-c3c(C)noc3C)n2)c1. The first-order chi connectivity index (χ1) is 16.9. The van der Waals surface area contributed by atoms with Gasteiger partial charge in [0.25, 0.3) is 0 Å². The molecule has 1 aliphatic heterocycles. The van der Waals surface area contributed by atoms with Gasteiger partial charge in [0.2, 0.25) is 0 Å². The molecule has 35 heavy (non-hydrogen) atoms. The molecule has 0 spiro atoms. The number of nitrogens with one attached hydrogen (secondary N) is 2. The van der Waals surface area contributed by atoms with Crippen LogP contribution in [0, 0.1) is 20.8 Å². The normalized spacial score (nSPS) is 15.3. The fourth-order valence-corrected chi connectivity index (χ4v) is 4.37. The highest BCUT2D eigenvalue weighted by molar-refractivity contribution is 6.31. The molecule has 188 valence electrons. The minimum atomic E-state index is -0.639. The molecule has 1 unspecified atom stereocenters. The highest BCUT2D eigenvalue weighted by Crippen LogP contribution is 2.35. The van der Waals surface area contributed by atoms with Gasteiger partial charge in [0.05, 0.1) is 17.0 Å². The zero-order valence-electron chi connectivity index (χ0n) is 20.5. The minimum Gasteiger partial charge on any atom is -0.491 e. The van der Waals surface area contributed by atoms with E-state index < -0.39 is 6.10 Å². The number of rotatable bonds is 9. The average Bonchev–Trinajstić information content (AvgIpc) is 3.17. The summed E-state index contributed by atoms with van der Waals surface area (Å²) in [5.41, 5.74) is 4.01. The number of halogens is 1. The molecule has 1 aromatic carbocycles. The summed E-state index contributed by atoms with van der Waals surface area (Å²) < 4.78 is 16.7. The number of ether oxygens (including phenoxy) is 2. The molecular formula is C25H32ClN5O4. The molecule has 1 aliphatic rings. The number of likely N-dealkylation sites (N-methyl/N-ethyl adjacent to an activating group) is 1. The van der Waals surface area contributed by atoms with Crippen LogP contribution in [0.3, 0.4) is 0 Å². The van der Waals surface area contributed by atoms with Crippen LogP contribution in [0.15, 0.2) is 22.7 Å². The van der Waals surface area contributed by atoms with Crippen molar-refractivity contribution in [2.45, 2.75) is 45.8 Å². The quantitative estimate of drug-likeness (QED) is 0.401. The van der Waals surface area contributed by atoms with Crippen molar-refractivity contribution in [3.05, 3.63) is 40.2 Å². The van der Waals surface area contributed by atoms with Crippen molar-refractivity contribution in [2.75, 3.05) is 38.7 Å². The molecule has 0 radical (unpaired) electrons. The molecule has 0 bridgehead atoms. The number of aryl methyl sites for hydroxylation is 2. The van der Waals surface area contributed by atoms with E-state index in [0.717, 1.165) is 54.4 Å². The molecule has 9 nitrogen and oxygen atoms in total. The monoisotopic (exact) mass is 501 g/mol. The molecule has 1 atom stereocenters. The van der Waals surface area contributed by atoms with Crippen LogP contribution in [0.4, 0.5) is 5.82 Å². The van der Waals surface area contributed by atoms with Gasteiger partial charge in [-0.3, -0.25) is 0 Å². The van der Waals surface area contributed by atoms with E-state index in [4.69, 9.17) is 35.6 Å². The smallest absolute Gasteiger partial charge is 0.162 e. The number of hydrogen-bond acceptors (Lipinski definition) is 9. The van der Waals surface area contributed by atoms with Crippen molar-refractivity contribution in [1.82, 2.24) is 20.4 Å². The Labute approximate surface area is 210 Å². The lowest BCUT2D eigenvalue weighted by atomic mass is 10.0. The standard InChI is InChI=1S/C25H32ClN5O4/c1-14-23(22-15(2)31-35-16(22)3)29-25(30-24(14)28-19-5-7-33-8-6-19)17-9-18(26)11-21(10-17)34-13-20(32)12-27-4/h9-11,19-20,27,32H,5-8,12-13H2,1-4H3,(H,28,29,30). The molecule has 4 rings (SSSR count). The highest BCUT2D eigenvalue weighted by atomic mass is 35.5. The van der Waals surface area contributed by atoms with E-state index in [2.05, 4.69) is 15.8 Å². The summed E-state index contributed by atoms with van der Waals surface area (Å²) in [7, 11) is 1.78. The zero-order chi connectivity index (χ0) is 24.9. The predicted molar refractivity (Wildman–Crippen MR) is 135 cm³/mol. The number of aliphatic hydroxyl groups is 1. The Bertz CT molecular complexity index is 1140. The van der Waals surface area contributed by atoms with Crippen molar-refractivity contribution in [3.63, 3.8) is 0 Å². The molecule has 0 aliphatic carbocycles. The molecule has 0 saturated carbocycles. The lowest BCUT2D eigenvalue weighted by Gasteiger charge is -2.25. The Hall–Kier alpha value is -2.72. The summed E-state index contributed by atoms with van der Waals surface area (Å²) >= 11 is 6.43. The van der Waals surface area contributed by atoms with Crippen molar-refractivity contribution in [2.24, 2.45) is 0 Å². The predicted octanol–water partition coefficient (Wildman–Crippen LogP) is 3.93. The topological polar surface area (TPSA) is 115 Å². The lowest BCUT2D eigenvalue weighted by molar-refractivity contribution is 0.0904. The molecule has 10 heteroatoms. The number of aliphatic hydroxyl groups excluding tert-OH is 1. The van der Waals surface area contributed by atoms with E-state index in [0.29, 0.717) is 34.5 Å². The maximum absolute atomic E-state index is 10.0. The number of aromatic nitrogens is 3. The summed E-state index contributed by atoms with van der Waals surface area (Å²) in [6.45, 7) is 7.79. The van der Waals surface area contributed by atoms with Crippen LogP contribution in [0.25, 0.3) is 22.6 Å². The third kappa shape index (κ3) is 6.10. The van der Waals surface area contributed by atoms with Crippen molar-refractivity contribution >= 4 is 17.4 Å². The molecule has 0 amide bonds. The van der Waals surface area contributed by atoms with Crippen molar-refractivity contribution < 1.29 is 19.1 Å². The molecule has 3 heterocycles. The Kier molecular flexibility index (Phi) is 8.22. The molecule has 3 aromatic rings. The van der Waals surface area contributed by atoms with Gasteiger partial charge in [-0.1, -0.05) is 16.8 Å². The van der Waals surface area contributed by atoms with Crippen LogP contribution in [0.1, 0.15) is 29.9 Å². The minimum absolute atomic E-state index is 0.135. The largest absolute Gasteiger partial charge is 0.491 e. The first-order valence-corrected chi connectivity index (χ1v) is 12.2. The Morgan fingerprint density at radius 3 is 2.63 bits per heavy atom. The van der Waals surface area contributed by atoms with E-state index in [1.165, 1.54) is 0 Å². The molecule has 1 saturated heterocycles. The number of hydrogen-bond donors (Lipinski definition) is 3. The van der Waals surface area contributed by atoms with Gasteiger partial charge in [-0.15, -0.1) is 0 Å². The molecule has 3 N–H and O–H groups in total. The second-order valence-corrected chi connectivity index (χ2v) is 9.23. The molecule has 2 aromatic heterocycles. The van der Waals surface area contributed by atoms with Gasteiger partial charge < -0.3 is 29.7 Å². The maximum atomic E-state index is 10.0. The number of benzene rings is 1. The number of nitrogens with zero attached hydrogens (tertiary/aromatic N) is 3. The summed E-state index contributed by atoms with van der Waals surface area (Å²) in [5, 5.41) is 21.1. The zero-order valence-corrected chi connectivity index (χ0v) is 21.3. The summed E-state index contributed by atoms with van der Waals surface area (Å²) in [5.74, 6) is 2.48. The third-order valence-corrected chi connectivity index (χ3v) is 6.21. The average molecular weight is 502 g/mol. The van der Waals surface area contributed by atoms with E-state index in [1.54, 1.807) is 19.2 Å². The van der Waals surface area contributed by atoms with Gasteiger partial charge >= 0.3 is 0 Å². The fourth-order valence-electron chi connectivity index (χ4n) is 4.15. The lowest BCUT2D eigenvalue weighted by Crippen LogP contribution is -2.29. The van der Waals surface area contributed by atoms with Crippen LogP contribution in [-0.4, -0.2) is 65.8 Å². The first-order valence-electron chi connectivity index (χ1n) is 11.8. The van der Waals surface area contributed by atoms with Gasteiger partial charge in [0, 0.05) is 41.9 Å². The van der Waals surface area contributed by atoms with Crippen LogP contribution in [0.5, 0.6) is 5.75 Å². The van der Waals surface area contributed by atoms with Gasteiger partial charge in [-0.25, -0.2) is 9.97 Å².